The third-order valence-electron chi connectivity index (χ3n) is 7.85. The van der Waals surface area contributed by atoms with Gasteiger partial charge in [0.05, 0.1) is 0 Å². The Bertz CT molecular complexity index is 872. The largest absolute Gasteiger partial charge is 0.479 e. The van der Waals surface area contributed by atoms with Gasteiger partial charge in [0.15, 0.2) is 11.9 Å². The third kappa shape index (κ3) is 7.45. The van der Waals surface area contributed by atoms with Gasteiger partial charge in [-0.3, -0.25) is 14.4 Å². The standard InChI is InChI=1S/C27H43N3O7/c1-4-5-6-7-8-10-19-15-27(19,25(34)35)29-24(33)20-11-9-14-30(20)21(31)16-28-26(36)37-23(17(2)3)22(32)18-12-13-18/h17-20,23H,4-16H2,1-3H3,(H,28,36)(H,29,33)(H,34,35)/t19?,20?,23-,27+/m0/s1. The Morgan fingerprint density at radius 1 is 1.05 bits per heavy atom. The Kier molecular flexibility index (Phi) is 9.95. The molecule has 3 N–H and O–H groups in total. The summed E-state index contributed by atoms with van der Waals surface area (Å²) in [4.78, 5) is 64.0. The number of ether oxygens (including phenoxy) is 1. The van der Waals surface area contributed by atoms with Crippen molar-refractivity contribution >= 4 is 29.7 Å². The number of unbranched alkanes of at least 4 members (excludes halogenated alkanes) is 4. The Balaban J connectivity index is 1.48. The van der Waals surface area contributed by atoms with Crippen LogP contribution in [0.15, 0.2) is 0 Å². The molecule has 0 bridgehead atoms. The molecule has 3 amide bonds. The lowest BCUT2D eigenvalue weighted by Gasteiger charge is -2.26. The Morgan fingerprint density at radius 2 is 1.76 bits per heavy atom. The lowest BCUT2D eigenvalue weighted by atomic mass is 10.0. The highest BCUT2D eigenvalue weighted by Gasteiger charge is 2.61. The van der Waals surface area contributed by atoms with Gasteiger partial charge >= 0.3 is 12.1 Å². The van der Waals surface area contributed by atoms with Crippen molar-refractivity contribution in [2.45, 2.75) is 109 Å². The van der Waals surface area contributed by atoms with E-state index in [1.165, 1.54) is 11.3 Å². The quantitative estimate of drug-likeness (QED) is 0.281. The molecule has 3 fully saturated rings. The van der Waals surface area contributed by atoms with Gasteiger partial charge in [-0.1, -0.05) is 52.9 Å². The van der Waals surface area contributed by atoms with E-state index in [4.69, 9.17) is 4.74 Å². The number of nitrogens with one attached hydrogen (secondary N) is 2. The highest BCUT2D eigenvalue weighted by molar-refractivity contribution is 5.95. The third-order valence-corrected chi connectivity index (χ3v) is 7.85. The average Bonchev–Trinajstić information content (AvgIpc) is 3.77. The minimum atomic E-state index is -1.25. The number of ketones is 1. The van der Waals surface area contributed by atoms with Crippen LogP contribution in [0, 0.1) is 17.8 Å². The van der Waals surface area contributed by atoms with Gasteiger partial charge in [0.1, 0.15) is 18.1 Å². The smallest absolute Gasteiger partial charge is 0.408 e. The van der Waals surface area contributed by atoms with Crippen LogP contribution in [0.25, 0.3) is 0 Å². The number of rotatable bonds is 15. The normalized spacial score (nSPS) is 25.5. The second-order valence-electron chi connectivity index (χ2n) is 11.2. The second-order valence-corrected chi connectivity index (χ2v) is 11.2. The van der Waals surface area contributed by atoms with E-state index < -0.39 is 41.6 Å². The second kappa shape index (κ2) is 12.7. The molecule has 208 valence electrons. The number of carbonyl (C=O) groups excluding carboxylic acids is 4. The van der Waals surface area contributed by atoms with E-state index in [1.54, 1.807) is 13.8 Å². The fourth-order valence-electron chi connectivity index (χ4n) is 5.31. The zero-order valence-corrected chi connectivity index (χ0v) is 22.4. The SMILES string of the molecule is CCCCCCCC1C[C@]1(NC(=O)C1CCCN1C(=O)CNC(=O)O[C@H](C(=O)C1CC1)C(C)C)C(=O)O. The summed E-state index contributed by atoms with van der Waals surface area (Å²) in [5.41, 5.74) is -1.25. The zero-order chi connectivity index (χ0) is 27.2. The summed E-state index contributed by atoms with van der Waals surface area (Å²) in [6.07, 6.45) is 7.59. The summed E-state index contributed by atoms with van der Waals surface area (Å²) in [7, 11) is 0. The average molecular weight is 522 g/mol. The first-order chi connectivity index (χ1) is 17.6. The molecule has 0 radical (unpaired) electrons. The molecule has 0 aromatic rings. The lowest BCUT2D eigenvalue weighted by Crippen LogP contribution is -2.54. The number of carboxylic acid groups (broad SMARTS) is 1. The van der Waals surface area contributed by atoms with Crippen molar-refractivity contribution in [2.24, 2.45) is 17.8 Å². The van der Waals surface area contributed by atoms with Crippen molar-refractivity contribution in [3.8, 4) is 0 Å². The molecule has 2 saturated carbocycles. The number of alkyl carbamates (subject to hydrolysis) is 1. The minimum absolute atomic E-state index is 0.0491. The Hall–Kier alpha value is -2.65. The predicted octanol–water partition coefficient (Wildman–Crippen LogP) is 3.03. The topological polar surface area (TPSA) is 142 Å². The van der Waals surface area contributed by atoms with E-state index >= 15 is 0 Å². The highest BCUT2D eigenvalue weighted by atomic mass is 16.6. The summed E-state index contributed by atoms with van der Waals surface area (Å²) in [6, 6.07) is -0.771. The summed E-state index contributed by atoms with van der Waals surface area (Å²) in [6.45, 7) is 5.74. The van der Waals surface area contributed by atoms with E-state index in [0.717, 1.165) is 44.9 Å². The van der Waals surface area contributed by atoms with E-state index in [2.05, 4.69) is 17.6 Å². The fourth-order valence-corrected chi connectivity index (χ4v) is 5.31. The molecule has 2 aliphatic carbocycles. The van der Waals surface area contributed by atoms with E-state index in [0.29, 0.717) is 25.8 Å². The molecule has 37 heavy (non-hydrogen) atoms. The molecule has 0 aromatic heterocycles. The van der Waals surface area contributed by atoms with Gasteiger partial charge in [-0.2, -0.15) is 0 Å². The van der Waals surface area contributed by atoms with Crippen LogP contribution in [0.5, 0.6) is 0 Å². The van der Waals surface area contributed by atoms with Gasteiger partial charge in [-0.15, -0.1) is 0 Å². The molecule has 1 heterocycles. The monoisotopic (exact) mass is 521 g/mol. The van der Waals surface area contributed by atoms with Crippen molar-refractivity contribution in [1.82, 2.24) is 15.5 Å². The first-order valence-electron chi connectivity index (χ1n) is 13.9. The van der Waals surface area contributed by atoms with Crippen LogP contribution < -0.4 is 10.6 Å². The van der Waals surface area contributed by atoms with Gasteiger partial charge in [0.2, 0.25) is 11.8 Å². The van der Waals surface area contributed by atoms with Crippen LogP contribution in [0.4, 0.5) is 4.79 Å². The molecule has 0 aromatic carbocycles. The van der Waals surface area contributed by atoms with E-state index in [1.807, 2.05) is 0 Å². The molecular weight excluding hydrogens is 478 g/mol. The predicted molar refractivity (Wildman–Crippen MR) is 136 cm³/mol. The first-order valence-corrected chi connectivity index (χ1v) is 13.9. The van der Waals surface area contributed by atoms with Crippen LogP contribution in [-0.2, 0) is 23.9 Å². The molecule has 3 aliphatic rings. The molecule has 4 atom stereocenters. The van der Waals surface area contributed by atoms with Crippen molar-refractivity contribution in [2.75, 3.05) is 13.1 Å². The number of Topliss-reactive ketones (excluding diaryl/α,β-unsaturated/α-hetero) is 1. The molecule has 2 unspecified atom stereocenters. The van der Waals surface area contributed by atoms with E-state index in [9.17, 15) is 29.1 Å². The minimum Gasteiger partial charge on any atom is -0.479 e. The summed E-state index contributed by atoms with van der Waals surface area (Å²) < 4.78 is 5.31. The Morgan fingerprint density at radius 3 is 2.38 bits per heavy atom. The number of hydrogen-bond donors (Lipinski definition) is 3. The first kappa shape index (κ1) is 28.9. The summed E-state index contributed by atoms with van der Waals surface area (Å²) in [5, 5.41) is 15.0. The summed E-state index contributed by atoms with van der Waals surface area (Å²) >= 11 is 0. The van der Waals surface area contributed by atoms with E-state index in [-0.39, 0.29) is 30.1 Å². The van der Waals surface area contributed by atoms with Gasteiger partial charge in [0, 0.05) is 12.5 Å². The van der Waals surface area contributed by atoms with Crippen LogP contribution in [0.2, 0.25) is 0 Å². The maximum atomic E-state index is 13.1. The maximum absolute atomic E-state index is 13.1. The number of likely N-dealkylation sites (tertiary alicyclic amines) is 1. The molecular formula is C27H43N3O7. The van der Waals surface area contributed by atoms with Gasteiger partial charge in [0.25, 0.3) is 0 Å². The van der Waals surface area contributed by atoms with Gasteiger partial charge in [-0.05, 0) is 50.4 Å². The van der Waals surface area contributed by atoms with Crippen molar-refractivity contribution in [1.29, 1.82) is 0 Å². The summed E-state index contributed by atoms with van der Waals surface area (Å²) in [5.74, 6) is -2.34. The molecule has 10 heteroatoms. The lowest BCUT2D eigenvalue weighted by molar-refractivity contribution is -0.145. The number of aliphatic carboxylic acids is 1. The van der Waals surface area contributed by atoms with Gasteiger partial charge < -0.3 is 25.4 Å². The van der Waals surface area contributed by atoms with Crippen molar-refractivity contribution in [3.05, 3.63) is 0 Å². The van der Waals surface area contributed by atoms with Crippen LogP contribution >= 0.6 is 0 Å². The molecule has 1 aliphatic heterocycles. The van der Waals surface area contributed by atoms with Crippen LogP contribution in [0.1, 0.15) is 91.4 Å². The van der Waals surface area contributed by atoms with Crippen LogP contribution in [-0.4, -0.2) is 70.4 Å². The molecule has 3 rings (SSSR count). The number of hydrogen-bond acceptors (Lipinski definition) is 6. The molecule has 1 saturated heterocycles. The zero-order valence-electron chi connectivity index (χ0n) is 22.4. The number of carbonyl (C=O) groups is 5. The van der Waals surface area contributed by atoms with Crippen molar-refractivity contribution in [3.63, 3.8) is 0 Å². The Labute approximate surface area is 219 Å². The highest BCUT2D eigenvalue weighted by Crippen LogP contribution is 2.47. The van der Waals surface area contributed by atoms with Gasteiger partial charge in [-0.25, -0.2) is 9.59 Å². The molecule has 10 nitrogen and oxygen atoms in total. The molecule has 0 spiro atoms. The van der Waals surface area contributed by atoms with Crippen LogP contribution in [0.3, 0.4) is 0 Å². The number of carboxylic acids is 1. The fraction of sp³-hybridized carbons (Fsp3) is 0.815. The maximum Gasteiger partial charge on any atom is 0.408 e. The number of amides is 3. The number of nitrogens with zero attached hydrogens (tertiary/aromatic N) is 1. The van der Waals surface area contributed by atoms with Crippen molar-refractivity contribution < 1.29 is 33.8 Å².